The summed E-state index contributed by atoms with van der Waals surface area (Å²) in [6.07, 6.45) is 0. The predicted octanol–water partition coefficient (Wildman–Crippen LogP) is 10.9. The first-order chi connectivity index (χ1) is 26.6. The lowest BCUT2D eigenvalue weighted by Gasteiger charge is -2.06. The zero-order valence-electron chi connectivity index (χ0n) is 30.5. The molecule has 0 saturated carbocycles. The van der Waals surface area contributed by atoms with Crippen LogP contribution < -0.4 is 18.9 Å². The molecular formula is C46H40N4O4. The van der Waals surface area contributed by atoms with Gasteiger partial charge in [0, 0.05) is 33.4 Å². The number of aromatic nitrogens is 4. The van der Waals surface area contributed by atoms with Crippen LogP contribution in [0, 0.1) is 0 Å². The number of ether oxygens (including phenoxy) is 4. The third kappa shape index (κ3) is 7.88. The Kier molecular flexibility index (Phi) is 10.8. The maximum atomic E-state index is 5.28. The molecule has 8 heteroatoms. The van der Waals surface area contributed by atoms with Crippen LogP contribution in [0.25, 0.3) is 67.8 Å². The fourth-order valence-corrected chi connectivity index (χ4v) is 6.06. The molecule has 0 saturated heterocycles. The van der Waals surface area contributed by atoms with Crippen LogP contribution in [0.5, 0.6) is 23.0 Å². The fourth-order valence-electron chi connectivity index (χ4n) is 6.06. The van der Waals surface area contributed by atoms with Crippen molar-refractivity contribution in [3.8, 4) is 90.8 Å². The Morgan fingerprint density at radius 1 is 0.315 bits per heavy atom. The van der Waals surface area contributed by atoms with Gasteiger partial charge in [-0.05, 0) is 97.1 Å². The van der Waals surface area contributed by atoms with Gasteiger partial charge in [0.25, 0.3) is 0 Å². The number of rotatable bonds is 10. The van der Waals surface area contributed by atoms with Crippen LogP contribution in [0.1, 0.15) is 0 Å². The Balaban J connectivity index is 0.000000167. The fraction of sp³-hybridized carbons (Fsp3) is 0.0870. The second-order valence-corrected chi connectivity index (χ2v) is 12.3. The molecule has 268 valence electrons. The van der Waals surface area contributed by atoms with Gasteiger partial charge in [0.2, 0.25) is 0 Å². The zero-order valence-corrected chi connectivity index (χ0v) is 30.5. The summed E-state index contributed by atoms with van der Waals surface area (Å²) in [6.45, 7) is 0. The standard InChI is InChI=1S/2C23H20N2O2/c2*1-26-19-12-8-16(9-13-19)21-22(17-10-14-20(27-2)15-11-17)25-23(24-21)18-6-4-3-5-7-18/h2*3-15H,1-2H3,(H,24,25). The number of H-pyrrole nitrogens is 2. The van der Waals surface area contributed by atoms with Gasteiger partial charge in [-0.15, -0.1) is 0 Å². The van der Waals surface area contributed by atoms with Crippen molar-refractivity contribution < 1.29 is 18.9 Å². The molecular weight excluding hydrogens is 673 g/mol. The monoisotopic (exact) mass is 712 g/mol. The molecule has 2 heterocycles. The Morgan fingerprint density at radius 2 is 0.593 bits per heavy atom. The van der Waals surface area contributed by atoms with Gasteiger partial charge in [0.05, 0.1) is 51.2 Å². The summed E-state index contributed by atoms with van der Waals surface area (Å²) in [6, 6.07) is 52.1. The van der Waals surface area contributed by atoms with Gasteiger partial charge in [-0.25, -0.2) is 9.97 Å². The molecule has 0 bridgehead atoms. The summed E-state index contributed by atoms with van der Waals surface area (Å²) in [7, 11) is 6.67. The number of aromatic amines is 2. The van der Waals surface area contributed by atoms with Crippen LogP contribution in [0.15, 0.2) is 158 Å². The van der Waals surface area contributed by atoms with E-state index in [1.807, 2.05) is 133 Å². The minimum Gasteiger partial charge on any atom is -0.497 e. The topological polar surface area (TPSA) is 94.3 Å². The van der Waals surface area contributed by atoms with Gasteiger partial charge >= 0.3 is 0 Å². The molecule has 54 heavy (non-hydrogen) atoms. The van der Waals surface area contributed by atoms with Crippen LogP contribution in [0.4, 0.5) is 0 Å². The van der Waals surface area contributed by atoms with Gasteiger partial charge in [0.15, 0.2) is 0 Å². The molecule has 0 aliphatic carbocycles. The van der Waals surface area contributed by atoms with E-state index in [9.17, 15) is 0 Å². The highest BCUT2D eigenvalue weighted by molar-refractivity contribution is 5.83. The molecule has 0 aliphatic heterocycles. The average Bonchev–Trinajstić information content (AvgIpc) is 3.91. The van der Waals surface area contributed by atoms with Gasteiger partial charge in [-0.3, -0.25) is 0 Å². The predicted molar refractivity (Wildman–Crippen MR) is 216 cm³/mol. The van der Waals surface area contributed by atoms with Crippen molar-refractivity contribution >= 4 is 0 Å². The molecule has 8 rings (SSSR count). The van der Waals surface area contributed by atoms with Crippen LogP contribution in [-0.2, 0) is 0 Å². The Bertz CT molecular complexity index is 2080. The first-order valence-electron chi connectivity index (χ1n) is 17.5. The van der Waals surface area contributed by atoms with Gasteiger partial charge in [-0.2, -0.15) is 0 Å². The number of benzene rings is 6. The number of imidazole rings is 2. The SMILES string of the molecule is COc1ccc(-c2nc(-c3ccccc3)[nH]c2-c2ccc(OC)cc2)cc1.COc1ccc(-c2nc(-c3ccccc3)[nH]c2-c2ccc(OC)cc2)cc1. The summed E-state index contributed by atoms with van der Waals surface area (Å²) in [5.74, 6) is 4.98. The quantitative estimate of drug-likeness (QED) is 0.147. The Labute approximate surface area is 315 Å². The molecule has 2 N–H and O–H groups in total. The maximum Gasteiger partial charge on any atom is 0.138 e. The van der Waals surface area contributed by atoms with Gasteiger partial charge in [-0.1, -0.05) is 60.7 Å². The Hall–Kier alpha value is -7.06. The van der Waals surface area contributed by atoms with E-state index in [1.165, 1.54) is 0 Å². The molecule has 0 fully saturated rings. The minimum atomic E-state index is 0.823. The van der Waals surface area contributed by atoms with Crippen molar-refractivity contribution in [1.29, 1.82) is 0 Å². The van der Waals surface area contributed by atoms with Crippen LogP contribution >= 0.6 is 0 Å². The summed E-state index contributed by atoms with van der Waals surface area (Å²) in [4.78, 5) is 16.8. The lowest BCUT2D eigenvalue weighted by molar-refractivity contribution is 0.414. The van der Waals surface area contributed by atoms with Crippen molar-refractivity contribution in [3.05, 3.63) is 158 Å². The maximum absolute atomic E-state index is 5.28. The largest absolute Gasteiger partial charge is 0.497 e. The van der Waals surface area contributed by atoms with E-state index in [0.29, 0.717) is 0 Å². The normalized spacial score (nSPS) is 10.6. The highest BCUT2D eigenvalue weighted by Crippen LogP contribution is 2.36. The molecule has 2 aromatic heterocycles. The molecule has 0 unspecified atom stereocenters. The van der Waals surface area contributed by atoms with E-state index >= 15 is 0 Å². The van der Waals surface area contributed by atoms with Crippen LogP contribution in [0.2, 0.25) is 0 Å². The lowest BCUT2D eigenvalue weighted by Crippen LogP contribution is -1.87. The molecule has 0 spiro atoms. The number of nitrogens with zero attached hydrogens (tertiary/aromatic N) is 2. The molecule has 0 atom stereocenters. The van der Waals surface area contributed by atoms with E-state index in [2.05, 4.69) is 34.2 Å². The van der Waals surface area contributed by atoms with Crippen LogP contribution in [-0.4, -0.2) is 48.4 Å². The summed E-state index contributed by atoms with van der Waals surface area (Å²) >= 11 is 0. The van der Waals surface area contributed by atoms with E-state index in [4.69, 9.17) is 28.9 Å². The van der Waals surface area contributed by atoms with Crippen molar-refractivity contribution in [1.82, 2.24) is 19.9 Å². The van der Waals surface area contributed by atoms with Crippen molar-refractivity contribution in [2.24, 2.45) is 0 Å². The van der Waals surface area contributed by atoms with E-state index in [1.54, 1.807) is 28.4 Å². The molecule has 8 aromatic rings. The molecule has 8 nitrogen and oxygen atoms in total. The lowest BCUT2D eigenvalue weighted by atomic mass is 10.0. The summed E-state index contributed by atoms with van der Waals surface area (Å²) in [5, 5.41) is 0. The summed E-state index contributed by atoms with van der Waals surface area (Å²) in [5.41, 5.74) is 10.0. The van der Waals surface area contributed by atoms with Crippen molar-refractivity contribution in [3.63, 3.8) is 0 Å². The highest BCUT2D eigenvalue weighted by atomic mass is 16.5. The number of hydrogen-bond donors (Lipinski definition) is 2. The van der Waals surface area contributed by atoms with E-state index in [-0.39, 0.29) is 0 Å². The number of nitrogens with one attached hydrogen (secondary N) is 2. The number of hydrogen-bond acceptors (Lipinski definition) is 6. The first kappa shape index (κ1) is 35.3. The number of methoxy groups -OCH3 is 4. The van der Waals surface area contributed by atoms with Gasteiger partial charge < -0.3 is 28.9 Å². The first-order valence-corrected chi connectivity index (χ1v) is 17.5. The van der Waals surface area contributed by atoms with Gasteiger partial charge in [0.1, 0.15) is 34.6 Å². The van der Waals surface area contributed by atoms with E-state index in [0.717, 1.165) is 90.8 Å². The third-order valence-corrected chi connectivity index (χ3v) is 8.99. The van der Waals surface area contributed by atoms with Crippen molar-refractivity contribution in [2.45, 2.75) is 0 Å². The summed E-state index contributed by atoms with van der Waals surface area (Å²) < 4.78 is 21.1. The highest BCUT2D eigenvalue weighted by Gasteiger charge is 2.17. The van der Waals surface area contributed by atoms with E-state index < -0.39 is 0 Å². The Morgan fingerprint density at radius 3 is 0.870 bits per heavy atom. The zero-order chi connectivity index (χ0) is 37.3. The average molecular weight is 713 g/mol. The molecule has 6 aromatic carbocycles. The second kappa shape index (κ2) is 16.5. The second-order valence-electron chi connectivity index (χ2n) is 12.3. The minimum absolute atomic E-state index is 0.823. The smallest absolute Gasteiger partial charge is 0.138 e. The molecule has 0 radical (unpaired) electrons. The van der Waals surface area contributed by atoms with Crippen LogP contribution in [0.3, 0.4) is 0 Å². The molecule has 0 aliphatic rings. The third-order valence-electron chi connectivity index (χ3n) is 8.99. The molecule has 0 amide bonds. The van der Waals surface area contributed by atoms with Crippen molar-refractivity contribution in [2.75, 3.05) is 28.4 Å².